The molecule has 0 radical (unpaired) electrons. The first-order valence-electron chi connectivity index (χ1n) is 14.4. The molecule has 5 rings (SSSR count). The Morgan fingerprint density at radius 1 is 1.30 bits per heavy atom. The van der Waals surface area contributed by atoms with Crippen LogP contribution in [0, 0.1) is 23.6 Å². The first kappa shape index (κ1) is 28.6. The smallest absolute Gasteiger partial charge is 0.229 e. The van der Waals surface area contributed by atoms with Gasteiger partial charge in [0.15, 0.2) is 11.6 Å². The lowest BCUT2D eigenvalue weighted by molar-refractivity contribution is -0.123. The topological polar surface area (TPSA) is 113 Å². The maximum atomic E-state index is 14.8. The zero-order valence-corrected chi connectivity index (χ0v) is 24.3. The third-order valence-electron chi connectivity index (χ3n) is 8.74. The lowest BCUT2D eigenvalue weighted by Gasteiger charge is -2.35. The number of hydrogen-bond acceptors (Lipinski definition) is 7. The zero-order valence-electron chi connectivity index (χ0n) is 23.5. The van der Waals surface area contributed by atoms with Crippen molar-refractivity contribution in [1.29, 1.82) is 0 Å². The highest BCUT2D eigenvalue weighted by Gasteiger charge is 2.55. The second-order valence-corrected chi connectivity index (χ2v) is 12.6. The maximum absolute atomic E-state index is 14.8. The fraction of sp³-hybridized carbons (Fsp3) is 0.516. The molecule has 2 aliphatic carbocycles. The van der Waals surface area contributed by atoms with E-state index >= 15 is 0 Å². The van der Waals surface area contributed by atoms with E-state index in [-0.39, 0.29) is 46.7 Å². The van der Waals surface area contributed by atoms with Crippen molar-refractivity contribution in [3.8, 4) is 0 Å². The van der Waals surface area contributed by atoms with Crippen LogP contribution in [0.25, 0.3) is 5.57 Å². The van der Waals surface area contributed by atoms with Gasteiger partial charge in [0.2, 0.25) is 11.9 Å². The molecule has 6 unspecified atom stereocenters. The highest BCUT2D eigenvalue weighted by molar-refractivity contribution is 7.99. The molecule has 9 heteroatoms. The zero-order chi connectivity index (χ0) is 28.4. The van der Waals surface area contributed by atoms with Gasteiger partial charge < -0.3 is 21.5 Å². The number of anilines is 3. The molecule has 7 nitrogen and oxygen atoms in total. The molecule has 2 aromatic rings. The van der Waals surface area contributed by atoms with Crippen LogP contribution in [0.15, 0.2) is 42.1 Å². The Balaban J connectivity index is 1.53. The number of nitrogens with two attached hydrogens (primary N) is 1. The van der Waals surface area contributed by atoms with E-state index in [1.807, 2.05) is 12.1 Å². The Kier molecular flexibility index (Phi) is 8.80. The van der Waals surface area contributed by atoms with Gasteiger partial charge in [0, 0.05) is 22.7 Å². The van der Waals surface area contributed by atoms with E-state index in [1.54, 1.807) is 11.8 Å². The lowest BCUT2D eigenvalue weighted by atomic mass is 9.83. The van der Waals surface area contributed by atoms with Crippen LogP contribution in [0.4, 0.5) is 21.8 Å². The Hall–Kier alpha value is -2.91. The third-order valence-corrected chi connectivity index (χ3v) is 10.2. The van der Waals surface area contributed by atoms with Gasteiger partial charge >= 0.3 is 0 Å². The van der Waals surface area contributed by atoms with E-state index in [9.17, 15) is 14.3 Å². The van der Waals surface area contributed by atoms with Gasteiger partial charge in [0.25, 0.3) is 0 Å². The number of nitrogens with zero attached hydrogens (tertiary/aromatic N) is 2. The van der Waals surface area contributed by atoms with Crippen LogP contribution < -0.4 is 16.4 Å². The molecule has 5 N–H and O–H groups in total. The van der Waals surface area contributed by atoms with E-state index in [0.717, 1.165) is 61.5 Å². The summed E-state index contributed by atoms with van der Waals surface area (Å²) in [6.45, 7) is 6.40. The number of carbonyl (C=O) groups excluding carboxylic acids is 1. The van der Waals surface area contributed by atoms with Crippen molar-refractivity contribution in [3.05, 3.63) is 59.1 Å². The molecule has 1 aromatic carbocycles. The minimum absolute atomic E-state index is 0.0728. The average Bonchev–Trinajstić information content (AvgIpc) is 3.51. The number of aromatic nitrogens is 2. The second-order valence-electron chi connectivity index (χ2n) is 11.4. The number of primary amides is 1. The number of rotatable bonds is 7. The van der Waals surface area contributed by atoms with Crippen molar-refractivity contribution in [1.82, 2.24) is 9.97 Å². The molecule has 2 saturated carbocycles. The number of fused-ring (bicyclic) bond motifs is 5. The van der Waals surface area contributed by atoms with E-state index in [1.165, 1.54) is 11.1 Å². The Morgan fingerprint density at radius 2 is 2.12 bits per heavy atom. The summed E-state index contributed by atoms with van der Waals surface area (Å²) in [5, 5.41) is 18.2. The lowest BCUT2D eigenvalue weighted by Crippen LogP contribution is -2.46. The van der Waals surface area contributed by atoms with Crippen molar-refractivity contribution in [2.45, 2.75) is 76.7 Å². The summed E-state index contributed by atoms with van der Waals surface area (Å²) >= 11 is 1.75. The van der Waals surface area contributed by atoms with Crippen LogP contribution in [-0.2, 0) is 4.79 Å². The number of nitrogens with one attached hydrogen (secondary N) is 2. The Labute approximate surface area is 240 Å². The molecular weight excluding hydrogens is 525 g/mol. The number of hydrogen-bond donors (Lipinski definition) is 4. The highest BCUT2D eigenvalue weighted by atomic mass is 32.2. The number of thioether (sulfide) groups is 1. The van der Waals surface area contributed by atoms with Crippen LogP contribution >= 0.6 is 11.8 Å². The van der Waals surface area contributed by atoms with Gasteiger partial charge in [0.1, 0.15) is 0 Å². The molecule has 2 fully saturated rings. The molecule has 6 atom stereocenters. The Morgan fingerprint density at radius 3 is 2.88 bits per heavy atom. The molecule has 0 saturated heterocycles. The summed E-state index contributed by atoms with van der Waals surface area (Å²) in [5.41, 5.74) is 11.1. The summed E-state index contributed by atoms with van der Waals surface area (Å²) in [6.07, 6.45) is 10.5. The molecule has 1 aliphatic heterocycles. The molecular formula is C31H40FN5O2S. The van der Waals surface area contributed by atoms with Crippen LogP contribution in [-0.4, -0.2) is 38.0 Å². The summed E-state index contributed by atoms with van der Waals surface area (Å²) in [7, 11) is 0. The van der Waals surface area contributed by atoms with Gasteiger partial charge in [0.05, 0.1) is 18.2 Å². The van der Waals surface area contributed by atoms with E-state index < -0.39 is 11.9 Å². The van der Waals surface area contributed by atoms with E-state index in [4.69, 9.17) is 5.73 Å². The highest BCUT2D eigenvalue weighted by Crippen LogP contribution is 2.54. The predicted octanol–water partition coefficient (Wildman–Crippen LogP) is 6.36. The van der Waals surface area contributed by atoms with Gasteiger partial charge in [-0.2, -0.15) is 16.7 Å². The summed E-state index contributed by atoms with van der Waals surface area (Å²) in [4.78, 5) is 21.0. The minimum atomic E-state index is -0.676. The van der Waals surface area contributed by atoms with Crippen molar-refractivity contribution < 1.29 is 14.3 Å². The molecule has 3 aliphatic rings. The normalized spacial score (nSPS) is 28.0. The van der Waals surface area contributed by atoms with Crippen molar-refractivity contribution >= 4 is 40.7 Å². The van der Waals surface area contributed by atoms with Crippen LogP contribution in [0.5, 0.6) is 0 Å². The first-order chi connectivity index (χ1) is 19.3. The first-order valence-corrected chi connectivity index (χ1v) is 15.4. The van der Waals surface area contributed by atoms with E-state index in [0.29, 0.717) is 5.75 Å². The summed E-state index contributed by atoms with van der Waals surface area (Å²) in [6, 6.07) is 5.69. The quantitative estimate of drug-likeness (QED) is 0.289. The third kappa shape index (κ3) is 5.91. The van der Waals surface area contributed by atoms with Crippen LogP contribution in [0.2, 0.25) is 0 Å². The molecule has 0 spiro atoms. The fourth-order valence-electron chi connectivity index (χ4n) is 6.66. The number of aliphatic hydroxyl groups is 1. The largest absolute Gasteiger partial charge is 0.388 e. The molecule has 40 heavy (non-hydrogen) atoms. The summed E-state index contributed by atoms with van der Waals surface area (Å²) < 4.78 is 14.8. The van der Waals surface area contributed by atoms with Crippen LogP contribution in [0.3, 0.4) is 0 Å². The van der Waals surface area contributed by atoms with Gasteiger partial charge in [-0.25, -0.2) is 9.37 Å². The molecule has 1 amide bonds. The SMILES string of the molecule is CC=C(C)CCC=C(CCC)c1ccc2cc1C(O)CSC1CC3CC1C(Nc1nc(ncc1F)N2)C3C(N)=O. The number of benzene rings is 1. The molecule has 214 valence electrons. The average molecular weight is 566 g/mol. The van der Waals surface area contributed by atoms with Crippen molar-refractivity contribution in [2.24, 2.45) is 23.5 Å². The van der Waals surface area contributed by atoms with Crippen molar-refractivity contribution in [2.75, 3.05) is 16.4 Å². The number of carbonyl (C=O) groups is 1. The number of halogens is 1. The number of aliphatic hydroxyl groups excluding tert-OH is 1. The van der Waals surface area contributed by atoms with Crippen molar-refractivity contribution in [3.63, 3.8) is 0 Å². The Bertz CT molecular complexity index is 1310. The molecule has 6 bridgehead atoms. The molecule has 1 aromatic heterocycles. The predicted molar refractivity (Wildman–Crippen MR) is 161 cm³/mol. The maximum Gasteiger partial charge on any atom is 0.229 e. The number of allylic oxidation sites excluding steroid dienone is 4. The second kappa shape index (κ2) is 12.3. The number of amides is 1. The van der Waals surface area contributed by atoms with Gasteiger partial charge in [-0.3, -0.25) is 4.79 Å². The fourth-order valence-corrected chi connectivity index (χ4v) is 8.18. The minimum Gasteiger partial charge on any atom is -0.388 e. The van der Waals surface area contributed by atoms with Gasteiger partial charge in [-0.15, -0.1) is 0 Å². The summed E-state index contributed by atoms with van der Waals surface area (Å²) in [5.74, 6) is -0.186. The monoisotopic (exact) mass is 565 g/mol. The van der Waals surface area contributed by atoms with Crippen LogP contribution in [0.1, 0.15) is 76.5 Å². The standard InChI is InChI=1S/C31H40FN5O2S/c1-4-7-18(9-6-8-17(3)5-2)21-11-10-20-14-22(21)25(38)16-40-26-13-19-12-23(26)28(27(19)29(33)39)36-30-24(32)15-34-31(35-20)37-30/h5,9-11,14-15,19,23,25-28,38H,4,6-8,12-13,16H2,1-3H3,(H2,33,39)(H2,34,35,36,37). The van der Waals surface area contributed by atoms with E-state index in [2.05, 4.69) is 59.6 Å². The van der Waals surface area contributed by atoms with Gasteiger partial charge in [-0.1, -0.05) is 37.1 Å². The molecule has 2 heterocycles. The van der Waals surface area contributed by atoms with Gasteiger partial charge in [-0.05, 0) is 86.6 Å².